The van der Waals surface area contributed by atoms with Gasteiger partial charge in [-0.25, -0.2) is 0 Å². The van der Waals surface area contributed by atoms with Crippen LogP contribution in [0, 0.1) is 10.1 Å². The Kier molecular flexibility index (Phi) is 5.40. The summed E-state index contributed by atoms with van der Waals surface area (Å²) in [6.07, 6.45) is 8.19. The summed E-state index contributed by atoms with van der Waals surface area (Å²) in [4.78, 5) is 39.6. The molecule has 0 spiro atoms. The van der Waals surface area contributed by atoms with Crippen molar-refractivity contribution >= 4 is 11.6 Å². The molecule has 0 unspecified atom stereocenters. The fourth-order valence-electron chi connectivity index (χ4n) is 3.12. The Bertz CT molecular complexity index is 938. The molecule has 136 valence electrons. The van der Waals surface area contributed by atoms with Crippen molar-refractivity contribution in [2.75, 3.05) is 0 Å². The second-order valence-corrected chi connectivity index (χ2v) is 6.35. The van der Waals surface area contributed by atoms with Gasteiger partial charge in [0.2, 0.25) is 0 Å². The van der Waals surface area contributed by atoms with Crippen LogP contribution in [0.25, 0.3) is 0 Å². The number of nitrogens with zero attached hydrogens (tertiary/aromatic N) is 4. The minimum absolute atomic E-state index is 0.200. The second kappa shape index (κ2) is 7.90. The van der Waals surface area contributed by atoms with Crippen molar-refractivity contribution in [2.45, 2.75) is 44.7 Å². The fraction of sp³-hybridized carbons (Fsp3) is 0.389. The molecule has 2 aromatic heterocycles. The van der Waals surface area contributed by atoms with Crippen molar-refractivity contribution in [3.8, 4) is 0 Å². The summed E-state index contributed by atoms with van der Waals surface area (Å²) in [5, 5.41) is 10.9. The summed E-state index contributed by atoms with van der Waals surface area (Å²) in [5.41, 5.74) is -0.156. The molecular formula is C18H20N4O4. The molecule has 0 aromatic carbocycles. The minimum Gasteiger partial charge on any atom is -0.299 e. The molecule has 1 aliphatic carbocycles. The molecule has 0 atom stereocenters. The highest BCUT2D eigenvalue weighted by molar-refractivity contribution is 5.78. The summed E-state index contributed by atoms with van der Waals surface area (Å²) >= 11 is 0. The molecule has 3 rings (SSSR count). The Morgan fingerprint density at radius 3 is 2.69 bits per heavy atom. The van der Waals surface area contributed by atoms with Crippen LogP contribution in [0.5, 0.6) is 0 Å². The Labute approximate surface area is 149 Å². The third-order valence-corrected chi connectivity index (χ3v) is 4.48. The number of hydrogen-bond donors (Lipinski definition) is 0. The smallest absolute Gasteiger partial charge is 0.285 e. The number of hydrogen-bond acceptors (Lipinski definition) is 5. The van der Waals surface area contributed by atoms with Crippen LogP contribution < -0.4 is 11.0 Å². The molecule has 26 heavy (non-hydrogen) atoms. The highest BCUT2D eigenvalue weighted by Crippen LogP contribution is 2.19. The van der Waals surface area contributed by atoms with Crippen molar-refractivity contribution in [3.05, 3.63) is 68.7 Å². The van der Waals surface area contributed by atoms with Gasteiger partial charge in [-0.1, -0.05) is 25.3 Å². The zero-order valence-corrected chi connectivity index (χ0v) is 14.3. The molecule has 0 N–H and O–H groups in total. The highest BCUT2D eigenvalue weighted by Gasteiger charge is 2.14. The van der Waals surface area contributed by atoms with Gasteiger partial charge in [0.05, 0.1) is 17.2 Å². The normalized spacial score (nSPS) is 15.8. The first-order valence-electron chi connectivity index (χ1n) is 8.64. The number of nitro groups is 1. The summed E-state index contributed by atoms with van der Waals surface area (Å²) in [6, 6.07) is 7.71. The average Bonchev–Trinajstić information content (AvgIpc) is 2.64. The molecule has 1 fully saturated rings. The fourth-order valence-corrected chi connectivity index (χ4v) is 3.12. The molecular weight excluding hydrogens is 336 g/mol. The molecule has 2 aromatic rings. The van der Waals surface area contributed by atoms with E-state index in [4.69, 9.17) is 4.99 Å². The van der Waals surface area contributed by atoms with Gasteiger partial charge in [-0.15, -0.1) is 0 Å². The van der Waals surface area contributed by atoms with E-state index in [2.05, 4.69) is 0 Å². The first-order valence-corrected chi connectivity index (χ1v) is 8.64. The van der Waals surface area contributed by atoms with E-state index in [0.717, 1.165) is 48.6 Å². The van der Waals surface area contributed by atoms with Gasteiger partial charge in [0.25, 0.3) is 17.2 Å². The Hall–Kier alpha value is -3.03. The standard InChI is InChI=1S/C18H20N4O4/c23-17-10-9-15(22(25)26)12-20(17)13-18(24)21-11-5-4-8-16(21)19-14-6-2-1-3-7-14/h4-5,8-12,14H,1-3,6-7,13H2. The van der Waals surface area contributed by atoms with E-state index in [9.17, 15) is 19.7 Å². The number of rotatable bonds is 4. The summed E-state index contributed by atoms with van der Waals surface area (Å²) in [6.45, 7) is -0.289. The van der Waals surface area contributed by atoms with Crippen LogP contribution in [0.3, 0.4) is 0 Å². The van der Waals surface area contributed by atoms with E-state index in [-0.39, 0.29) is 24.2 Å². The molecule has 1 aliphatic rings. The zero-order valence-electron chi connectivity index (χ0n) is 14.3. The van der Waals surface area contributed by atoms with E-state index in [0.29, 0.717) is 5.49 Å². The lowest BCUT2D eigenvalue weighted by Crippen LogP contribution is -2.33. The van der Waals surface area contributed by atoms with Crippen LogP contribution in [0.2, 0.25) is 0 Å². The van der Waals surface area contributed by atoms with Gasteiger partial charge in [-0.2, -0.15) is 0 Å². The monoisotopic (exact) mass is 356 g/mol. The Morgan fingerprint density at radius 2 is 1.96 bits per heavy atom. The Balaban J connectivity index is 1.89. The van der Waals surface area contributed by atoms with Crippen molar-refractivity contribution < 1.29 is 9.72 Å². The van der Waals surface area contributed by atoms with E-state index >= 15 is 0 Å². The lowest BCUT2D eigenvalue weighted by Gasteiger charge is -2.17. The van der Waals surface area contributed by atoms with Gasteiger partial charge >= 0.3 is 0 Å². The third kappa shape index (κ3) is 4.14. The van der Waals surface area contributed by atoms with E-state index in [1.165, 1.54) is 11.0 Å². The SMILES string of the molecule is O=C(Cn1cc([N+](=O)[O-])ccc1=O)n1ccccc1=NC1CCCCC1. The first-order chi connectivity index (χ1) is 12.5. The van der Waals surface area contributed by atoms with Gasteiger partial charge < -0.3 is 0 Å². The largest absolute Gasteiger partial charge is 0.299 e. The van der Waals surface area contributed by atoms with Crippen molar-refractivity contribution in [3.63, 3.8) is 0 Å². The number of aromatic nitrogens is 2. The van der Waals surface area contributed by atoms with Crippen molar-refractivity contribution in [1.82, 2.24) is 9.13 Å². The Morgan fingerprint density at radius 1 is 1.19 bits per heavy atom. The number of carbonyl (C=O) groups excluding carboxylic acids is 1. The molecule has 1 saturated carbocycles. The predicted molar refractivity (Wildman–Crippen MR) is 94.9 cm³/mol. The van der Waals surface area contributed by atoms with E-state index < -0.39 is 10.5 Å². The summed E-state index contributed by atoms with van der Waals surface area (Å²) in [7, 11) is 0. The molecule has 8 nitrogen and oxygen atoms in total. The van der Waals surface area contributed by atoms with E-state index in [1.54, 1.807) is 18.3 Å². The molecule has 2 heterocycles. The molecule has 0 radical (unpaired) electrons. The van der Waals surface area contributed by atoms with Crippen molar-refractivity contribution in [1.29, 1.82) is 0 Å². The second-order valence-electron chi connectivity index (χ2n) is 6.35. The topological polar surface area (TPSA) is 99.5 Å². The van der Waals surface area contributed by atoms with Crippen LogP contribution >= 0.6 is 0 Å². The third-order valence-electron chi connectivity index (χ3n) is 4.48. The first kappa shape index (κ1) is 17.8. The maximum absolute atomic E-state index is 12.7. The van der Waals surface area contributed by atoms with Crippen LogP contribution in [0.15, 0.2) is 52.5 Å². The minimum atomic E-state index is -0.597. The van der Waals surface area contributed by atoms with Gasteiger partial charge in [0.1, 0.15) is 12.0 Å². The number of pyridine rings is 2. The van der Waals surface area contributed by atoms with Gasteiger partial charge in [0.15, 0.2) is 0 Å². The average molecular weight is 356 g/mol. The van der Waals surface area contributed by atoms with Crippen LogP contribution in [0.4, 0.5) is 5.69 Å². The van der Waals surface area contributed by atoms with Gasteiger partial charge in [-0.05, 0) is 25.0 Å². The lowest BCUT2D eigenvalue weighted by molar-refractivity contribution is -0.385. The van der Waals surface area contributed by atoms with Gasteiger partial charge in [0, 0.05) is 18.3 Å². The summed E-state index contributed by atoms with van der Waals surface area (Å²) < 4.78 is 2.45. The van der Waals surface area contributed by atoms with Gasteiger partial charge in [-0.3, -0.25) is 33.8 Å². The predicted octanol–water partition coefficient (Wildman–Crippen LogP) is 2.13. The summed E-state index contributed by atoms with van der Waals surface area (Å²) in [5.74, 6) is -0.372. The zero-order chi connectivity index (χ0) is 18.5. The van der Waals surface area contributed by atoms with Crippen LogP contribution in [-0.2, 0) is 6.54 Å². The molecule has 8 heteroatoms. The van der Waals surface area contributed by atoms with E-state index in [1.807, 2.05) is 6.07 Å². The highest BCUT2D eigenvalue weighted by atomic mass is 16.6. The molecule has 0 amide bonds. The molecule has 0 saturated heterocycles. The quantitative estimate of drug-likeness (QED) is 0.619. The lowest BCUT2D eigenvalue weighted by atomic mass is 9.96. The van der Waals surface area contributed by atoms with Crippen LogP contribution in [0.1, 0.15) is 36.9 Å². The van der Waals surface area contributed by atoms with Crippen molar-refractivity contribution in [2.24, 2.45) is 4.99 Å². The number of carbonyl (C=O) groups is 1. The molecule has 0 bridgehead atoms. The maximum atomic E-state index is 12.7. The van der Waals surface area contributed by atoms with Crippen LogP contribution in [-0.4, -0.2) is 26.0 Å². The maximum Gasteiger partial charge on any atom is 0.285 e. The molecule has 0 aliphatic heterocycles.